The quantitative estimate of drug-likeness (QED) is 0.731. The maximum atomic E-state index is 11.4. The van der Waals surface area contributed by atoms with Gasteiger partial charge in [0.05, 0.1) is 6.07 Å². The SMILES string of the molecule is Cn1nccc1CCn1c(O)cc(=O)[nH]c1=O. The summed E-state index contributed by atoms with van der Waals surface area (Å²) in [5.74, 6) is -0.332. The first-order chi connectivity index (χ1) is 8.08. The van der Waals surface area contributed by atoms with Gasteiger partial charge in [0.1, 0.15) is 0 Å². The van der Waals surface area contributed by atoms with E-state index in [9.17, 15) is 14.7 Å². The lowest BCUT2D eigenvalue weighted by atomic mass is 10.3. The van der Waals surface area contributed by atoms with Crippen LogP contribution in [0.25, 0.3) is 0 Å². The Labute approximate surface area is 96.0 Å². The fourth-order valence-electron chi connectivity index (χ4n) is 1.60. The molecule has 2 aromatic rings. The van der Waals surface area contributed by atoms with Crippen LogP contribution in [0.2, 0.25) is 0 Å². The smallest absolute Gasteiger partial charge is 0.331 e. The average molecular weight is 236 g/mol. The number of rotatable bonds is 3. The van der Waals surface area contributed by atoms with Crippen molar-refractivity contribution in [3.05, 3.63) is 44.9 Å². The summed E-state index contributed by atoms with van der Waals surface area (Å²) < 4.78 is 2.79. The average Bonchev–Trinajstić information content (AvgIpc) is 2.62. The van der Waals surface area contributed by atoms with Crippen molar-refractivity contribution in [1.82, 2.24) is 19.3 Å². The highest BCUT2D eigenvalue weighted by Gasteiger charge is 2.06. The number of H-pyrrole nitrogens is 1. The lowest BCUT2D eigenvalue weighted by Gasteiger charge is -2.07. The molecule has 7 heteroatoms. The Morgan fingerprint density at radius 1 is 1.47 bits per heavy atom. The number of aromatic nitrogens is 4. The van der Waals surface area contributed by atoms with Crippen LogP contribution in [0.15, 0.2) is 27.9 Å². The number of hydrogen-bond acceptors (Lipinski definition) is 4. The first kappa shape index (κ1) is 11.2. The van der Waals surface area contributed by atoms with Gasteiger partial charge in [0.2, 0.25) is 5.88 Å². The molecule has 7 nitrogen and oxygen atoms in total. The molecule has 17 heavy (non-hydrogen) atoms. The van der Waals surface area contributed by atoms with Crippen molar-refractivity contribution in [2.45, 2.75) is 13.0 Å². The zero-order valence-electron chi connectivity index (χ0n) is 9.25. The molecular formula is C10H12N4O3. The molecule has 2 N–H and O–H groups in total. The van der Waals surface area contributed by atoms with Crippen molar-refractivity contribution in [2.75, 3.05) is 0 Å². The van der Waals surface area contributed by atoms with Crippen LogP contribution in [-0.4, -0.2) is 24.4 Å². The second kappa shape index (κ2) is 4.28. The molecule has 0 radical (unpaired) electrons. The number of aromatic amines is 1. The summed E-state index contributed by atoms with van der Waals surface area (Å²) >= 11 is 0. The molecule has 0 aliphatic carbocycles. The van der Waals surface area contributed by atoms with E-state index in [4.69, 9.17) is 0 Å². The maximum Gasteiger partial charge on any atom is 0.331 e. The molecule has 0 aromatic carbocycles. The van der Waals surface area contributed by atoms with Crippen molar-refractivity contribution in [2.24, 2.45) is 7.05 Å². The van der Waals surface area contributed by atoms with Gasteiger partial charge in [0, 0.05) is 31.9 Å². The molecule has 0 bridgehead atoms. The molecule has 0 amide bonds. The van der Waals surface area contributed by atoms with E-state index in [0.29, 0.717) is 6.42 Å². The highest BCUT2D eigenvalue weighted by atomic mass is 16.3. The van der Waals surface area contributed by atoms with E-state index in [1.54, 1.807) is 17.9 Å². The highest BCUT2D eigenvalue weighted by Crippen LogP contribution is 2.04. The summed E-state index contributed by atoms with van der Waals surface area (Å²) in [7, 11) is 1.80. The fourth-order valence-corrected chi connectivity index (χ4v) is 1.60. The van der Waals surface area contributed by atoms with E-state index < -0.39 is 11.2 Å². The van der Waals surface area contributed by atoms with Crippen LogP contribution < -0.4 is 11.2 Å². The Balaban J connectivity index is 2.23. The number of aromatic hydroxyl groups is 1. The molecule has 2 aromatic heterocycles. The van der Waals surface area contributed by atoms with Crippen LogP contribution in [0.3, 0.4) is 0 Å². The van der Waals surface area contributed by atoms with E-state index in [1.165, 1.54) is 0 Å². The third-order valence-electron chi connectivity index (χ3n) is 2.53. The zero-order valence-corrected chi connectivity index (χ0v) is 9.25. The van der Waals surface area contributed by atoms with E-state index in [2.05, 4.69) is 10.1 Å². The number of nitrogens with one attached hydrogen (secondary N) is 1. The predicted molar refractivity (Wildman–Crippen MR) is 59.9 cm³/mol. The van der Waals surface area contributed by atoms with Gasteiger partial charge >= 0.3 is 5.69 Å². The molecule has 0 unspecified atom stereocenters. The standard InChI is InChI=1S/C10H12N4O3/c1-13-7(2-4-11-13)3-5-14-9(16)6-8(15)12-10(14)17/h2,4,6,16H,3,5H2,1H3,(H,12,15,17). The predicted octanol–water partition coefficient (Wildman–Crippen LogP) is -0.782. The van der Waals surface area contributed by atoms with Crippen LogP contribution in [-0.2, 0) is 20.0 Å². The van der Waals surface area contributed by atoms with Crippen molar-refractivity contribution in [3.63, 3.8) is 0 Å². The summed E-state index contributed by atoms with van der Waals surface area (Å²) in [6, 6.07) is 2.80. The molecule has 2 rings (SSSR count). The first-order valence-electron chi connectivity index (χ1n) is 5.08. The number of aryl methyl sites for hydroxylation is 2. The summed E-state index contributed by atoms with van der Waals surface area (Å²) in [6.45, 7) is 0.279. The van der Waals surface area contributed by atoms with Crippen molar-refractivity contribution in [3.8, 4) is 5.88 Å². The van der Waals surface area contributed by atoms with Crippen LogP contribution in [0.4, 0.5) is 0 Å². The lowest BCUT2D eigenvalue weighted by Crippen LogP contribution is -2.29. The molecule has 0 saturated heterocycles. The largest absolute Gasteiger partial charge is 0.494 e. The van der Waals surface area contributed by atoms with Gasteiger partial charge in [-0.1, -0.05) is 0 Å². The molecule has 0 atom stereocenters. The Kier molecular flexibility index (Phi) is 2.82. The third kappa shape index (κ3) is 2.27. The van der Waals surface area contributed by atoms with Crippen LogP contribution in [0.1, 0.15) is 5.69 Å². The monoisotopic (exact) mass is 236 g/mol. The van der Waals surface area contributed by atoms with Crippen molar-refractivity contribution >= 4 is 0 Å². The summed E-state index contributed by atoms with van der Waals surface area (Å²) in [4.78, 5) is 24.4. The van der Waals surface area contributed by atoms with Crippen LogP contribution >= 0.6 is 0 Å². The van der Waals surface area contributed by atoms with E-state index >= 15 is 0 Å². The number of nitrogens with zero attached hydrogens (tertiary/aromatic N) is 3. The van der Waals surface area contributed by atoms with Gasteiger partial charge in [0.25, 0.3) is 5.56 Å². The summed E-state index contributed by atoms with van der Waals surface area (Å²) in [5, 5.41) is 13.5. The zero-order chi connectivity index (χ0) is 12.4. The van der Waals surface area contributed by atoms with Gasteiger partial charge in [0.15, 0.2) is 0 Å². The van der Waals surface area contributed by atoms with Crippen LogP contribution in [0.5, 0.6) is 5.88 Å². The highest BCUT2D eigenvalue weighted by molar-refractivity contribution is 5.07. The Morgan fingerprint density at radius 2 is 2.24 bits per heavy atom. The number of hydrogen-bond donors (Lipinski definition) is 2. The minimum atomic E-state index is -0.614. The molecule has 0 spiro atoms. The van der Waals surface area contributed by atoms with Gasteiger partial charge in [-0.3, -0.25) is 19.0 Å². The molecule has 0 fully saturated rings. The summed E-state index contributed by atoms with van der Waals surface area (Å²) in [6.07, 6.45) is 2.20. The van der Waals surface area contributed by atoms with Gasteiger partial charge in [-0.25, -0.2) is 4.79 Å². The minimum absolute atomic E-state index is 0.279. The fraction of sp³-hybridized carbons (Fsp3) is 0.300. The van der Waals surface area contributed by atoms with Gasteiger partial charge in [-0.05, 0) is 6.07 Å². The topological polar surface area (TPSA) is 92.9 Å². The molecule has 0 aliphatic rings. The van der Waals surface area contributed by atoms with Crippen molar-refractivity contribution in [1.29, 1.82) is 0 Å². The van der Waals surface area contributed by atoms with Crippen LogP contribution in [0, 0.1) is 0 Å². The minimum Gasteiger partial charge on any atom is -0.494 e. The Hall–Kier alpha value is -2.31. The van der Waals surface area contributed by atoms with Gasteiger partial charge in [-0.15, -0.1) is 0 Å². The second-order valence-corrected chi connectivity index (χ2v) is 3.64. The maximum absolute atomic E-state index is 11.4. The Morgan fingerprint density at radius 3 is 2.82 bits per heavy atom. The molecular weight excluding hydrogens is 224 g/mol. The van der Waals surface area contributed by atoms with E-state index in [0.717, 1.165) is 16.3 Å². The van der Waals surface area contributed by atoms with Gasteiger partial charge < -0.3 is 5.11 Å². The molecule has 0 aliphatic heterocycles. The summed E-state index contributed by atoms with van der Waals surface area (Å²) in [5.41, 5.74) is -0.288. The first-order valence-corrected chi connectivity index (χ1v) is 5.08. The normalized spacial score (nSPS) is 10.6. The second-order valence-electron chi connectivity index (χ2n) is 3.64. The molecule has 2 heterocycles. The van der Waals surface area contributed by atoms with E-state index in [-0.39, 0.29) is 12.4 Å². The van der Waals surface area contributed by atoms with Crippen molar-refractivity contribution < 1.29 is 5.11 Å². The molecule has 90 valence electrons. The lowest BCUT2D eigenvalue weighted by molar-refractivity contribution is 0.399. The molecule has 0 saturated carbocycles. The van der Waals surface area contributed by atoms with Gasteiger partial charge in [-0.2, -0.15) is 5.10 Å². The third-order valence-corrected chi connectivity index (χ3v) is 2.53. The van der Waals surface area contributed by atoms with E-state index in [1.807, 2.05) is 6.07 Å². The Bertz CT molecular complexity index is 637.